The van der Waals surface area contributed by atoms with Gasteiger partial charge in [0.05, 0.1) is 17.8 Å². The number of H-pyrrole nitrogens is 1. The molecule has 34 heavy (non-hydrogen) atoms. The molecular weight excluding hydrogens is 424 g/mol. The lowest BCUT2D eigenvalue weighted by Crippen LogP contribution is -2.52. The number of piperidine rings is 1. The second-order valence-electron chi connectivity index (χ2n) is 10.6. The highest BCUT2D eigenvalue weighted by Gasteiger charge is 2.40. The standard InChI is InChI=1S/C28H38N4O2/c1-4-26(33)22-8-7-19(14-25(22)32-13-5-6-20(16-32)34-17-18(2)3)21-9-11-29-24-15-31-28-23(27(21)24)10-12-30-28/h9-12,15,18-20,22,25H,4-8,13-14,16-17H2,1-3H3,(H,30,31). The molecule has 4 heterocycles. The van der Waals surface area contributed by atoms with E-state index in [1.165, 1.54) is 10.9 Å². The highest BCUT2D eigenvalue weighted by atomic mass is 16.5. The van der Waals surface area contributed by atoms with Crippen molar-refractivity contribution in [3.8, 4) is 0 Å². The van der Waals surface area contributed by atoms with Gasteiger partial charge in [-0.1, -0.05) is 20.8 Å². The Labute approximate surface area is 202 Å². The van der Waals surface area contributed by atoms with Crippen molar-refractivity contribution in [3.63, 3.8) is 0 Å². The number of likely N-dealkylation sites (tertiary alicyclic amines) is 1. The number of hydrogen-bond acceptors (Lipinski definition) is 5. The van der Waals surface area contributed by atoms with Crippen molar-refractivity contribution in [3.05, 3.63) is 36.3 Å². The molecule has 1 N–H and O–H groups in total. The van der Waals surface area contributed by atoms with Gasteiger partial charge in [0.25, 0.3) is 0 Å². The summed E-state index contributed by atoms with van der Waals surface area (Å²) in [4.78, 5) is 28.0. The van der Waals surface area contributed by atoms with Gasteiger partial charge in [-0.05, 0) is 68.2 Å². The number of fused-ring (bicyclic) bond motifs is 3. The Morgan fingerprint density at radius 1 is 1.24 bits per heavy atom. The molecule has 0 aromatic carbocycles. The molecule has 2 aliphatic rings. The smallest absolute Gasteiger partial charge is 0.137 e. The zero-order chi connectivity index (χ0) is 23.7. The number of pyridine rings is 2. The fraction of sp³-hybridized carbons (Fsp3) is 0.607. The van der Waals surface area contributed by atoms with Crippen molar-refractivity contribution in [2.75, 3.05) is 19.7 Å². The van der Waals surface area contributed by atoms with Gasteiger partial charge < -0.3 is 9.72 Å². The third kappa shape index (κ3) is 4.63. The highest BCUT2D eigenvalue weighted by molar-refractivity contribution is 6.05. The number of rotatable bonds is 7. The monoisotopic (exact) mass is 462 g/mol. The Morgan fingerprint density at radius 3 is 2.94 bits per heavy atom. The van der Waals surface area contributed by atoms with Crippen LogP contribution in [0.5, 0.6) is 0 Å². The number of aromatic nitrogens is 3. The number of nitrogens with zero attached hydrogens (tertiary/aromatic N) is 3. The molecule has 2 fully saturated rings. The molecule has 3 aromatic heterocycles. The minimum Gasteiger partial charge on any atom is -0.377 e. The maximum Gasteiger partial charge on any atom is 0.137 e. The predicted molar refractivity (Wildman–Crippen MR) is 136 cm³/mol. The van der Waals surface area contributed by atoms with Gasteiger partial charge in [-0.25, -0.2) is 4.98 Å². The number of hydrogen-bond donors (Lipinski definition) is 1. The largest absolute Gasteiger partial charge is 0.377 e. The van der Waals surface area contributed by atoms with Crippen LogP contribution < -0.4 is 0 Å². The van der Waals surface area contributed by atoms with Crippen molar-refractivity contribution in [2.45, 2.75) is 77.4 Å². The van der Waals surface area contributed by atoms with Crippen LogP contribution in [-0.4, -0.2) is 57.5 Å². The van der Waals surface area contributed by atoms with Gasteiger partial charge >= 0.3 is 0 Å². The van der Waals surface area contributed by atoms with Crippen LogP contribution in [-0.2, 0) is 9.53 Å². The average Bonchev–Trinajstić information content (AvgIpc) is 3.36. The van der Waals surface area contributed by atoms with E-state index in [1.54, 1.807) is 0 Å². The quantitative estimate of drug-likeness (QED) is 0.503. The van der Waals surface area contributed by atoms with Gasteiger partial charge in [0, 0.05) is 54.7 Å². The van der Waals surface area contributed by atoms with E-state index in [2.05, 4.69) is 45.8 Å². The summed E-state index contributed by atoms with van der Waals surface area (Å²) >= 11 is 0. The highest BCUT2D eigenvalue weighted by Crippen LogP contribution is 2.42. The lowest BCUT2D eigenvalue weighted by Gasteiger charge is -2.45. The molecule has 0 radical (unpaired) electrons. The average molecular weight is 463 g/mol. The first kappa shape index (κ1) is 23.4. The fourth-order valence-electron chi connectivity index (χ4n) is 6.22. The van der Waals surface area contributed by atoms with Gasteiger partial charge in [-0.3, -0.25) is 14.7 Å². The van der Waals surface area contributed by atoms with Gasteiger partial charge in [-0.2, -0.15) is 0 Å². The molecule has 1 aliphatic heterocycles. The Bertz CT molecular complexity index is 1140. The third-order valence-corrected chi connectivity index (χ3v) is 7.89. The molecule has 1 saturated heterocycles. The summed E-state index contributed by atoms with van der Waals surface area (Å²) in [6.07, 6.45) is 11.9. The normalized spacial score (nSPS) is 26.5. The number of ketones is 1. The maximum atomic E-state index is 13.0. The van der Waals surface area contributed by atoms with E-state index >= 15 is 0 Å². The van der Waals surface area contributed by atoms with Crippen molar-refractivity contribution in [1.29, 1.82) is 0 Å². The molecule has 3 aromatic rings. The van der Waals surface area contributed by atoms with E-state index < -0.39 is 0 Å². The molecule has 1 aliphatic carbocycles. The molecule has 5 rings (SSSR count). The minimum absolute atomic E-state index is 0.132. The fourth-order valence-corrected chi connectivity index (χ4v) is 6.22. The zero-order valence-corrected chi connectivity index (χ0v) is 20.8. The van der Waals surface area contributed by atoms with E-state index in [0.717, 1.165) is 68.4 Å². The van der Waals surface area contributed by atoms with Crippen molar-refractivity contribution in [2.24, 2.45) is 11.8 Å². The van der Waals surface area contributed by atoms with Crippen LogP contribution in [0.2, 0.25) is 0 Å². The van der Waals surface area contributed by atoms with Crippen molar-refractivity contribution >= 4 is 27.7 Å². The Morgan fingerprint density at radius 2 is 2.12 bits per heavy atom. The van der Waals surface area contributed by atoms with E-state index in [0.29, 0.717) is 24.0 Å². The topological polar surface area (TPSA) is 71.1 Å². The summed E-state index contributed by atoms with van der Waals surface area (Å²) < 4.78 is 6.25. The summed E-state index contributed by atoms with van der Waals surface area (Å²) in [5.74, 6) is 1.51. The molecule has 6 heteroatoms. The first-order chi connectivity index (χ1) is 16.5. The van der Waals surface area contributed by atoms with E-state index in [1.807, 2.05) is 25.5 Å². The number of aromatic amines is 1. The number of carbonyl (C=O) groups excluding carboxylic acids is 1. The Hall–Kier alpha value is -2.31. The first-order valence-corrected chi connectivity index (χ1v) is 13.1. The molecular formula is C28H38N4O2. The van der Waals surface area contributed by atoms with Crippen LogP contribution in [0.1, 0.15) is 70.8 Å². The second-order valence-corrected chi connectivity index (χ2v) is 10.6. The summed E-state index contributed by atoms with van der Waals surface area (Å²) in [5, 5.41) is 2.36. The molecule has 182 valence electrons. The maximum absolute atomic E-state index is 13.0. The molecule has 0 spiro atoms. The van der Waals surface area contributed by atoms with Crippen LogP contribution in [0.15, 0.2) is 30.7 Å². The number of carbonyl (C=O) groups is 1. The number of nitrogens with one attached hydrogen (secondary N) is 1. The lowest BCUT2D eigenvalue weighted by atomic mass is 9.72. The number of ether oxygens (including phenoxy) is 1. The number of Topliss-reactive ketones (excluding diaryl/α,β-unsaturated/α-hetero) is 1. The Balaban J connectivity index is 1.44. The molecule has 1 saturated carbocycles. The molecule has 0 amide bonds. The second kappa shape index (κ2) is 10.1. The van der Waals surface area contributed by atoms with E-state index in [9.17, 15) is 4.79 Å². The minimum atomic E-state index is 0.132. The van der Waals surface area contributed by atoms with Gasteiger partial charge in [0.1, 0.15) is 11.4 Å². The van der Waals surface area contributed by atoms with Gasteiger partial charge in [-0.15, -0.1) is 0 Å². The summed E-state index contributed by atoms with van der Waals surface area (Å²) in [7, 11) is 0. The Kier molecular flexibility index (Phi) is 6.98. The van der Waals surface area contributed by atoms with Gasteiger partial charge in [0.2, 0.25) is 0 Å². The van der Waals surface area contributed by atoms with Crippen LogP contribution in [0, 0.1) is 11.8 Å². The SMILES string of the molecule is CCC(=O)C1CCC(c2ccnc3cnc4[nH]ccc4c23)CC1N1CCCC(OCC(C)C)C1. The summed E-state index contributed by atoms with van der Waals surface area (Å²) in [5.41, 5.74) is 3.22. The third-order valence-electron chi connectivity index (χ3n) is 7.89. The lowest BCUT2D eigenvalue weighted by molar-refractivity contribution is -0.127. The molecule has 0 bridgehead atoms. The van der Waals surface area contributed by atoms with E-state index in [-0.39, 0.29) is 18.1 Å². The van der Waals surface area contributed by atoms with Crippen LogP contribution in [0.3, 0.4) is 0 Å². The van der Waals surface area contributed by atoms with Crippen LogP contribution in [0.4, 0.5) is 0 Å². The molecule has 4 atom stereocenters. The molecule has 4 unspecified atom stereocenters. The van der Waals surface area contributed by atoms with Crippen molar-refractivity contribution < 1.29 is 9.53 Å². The van der Waals surface area contributed by atoms with E-state index in [4.69, 9.17) is 4.74 Å². The van der Waals surface area contributed by atoms with Crippen LogP contribution >= 0.6 is 0 Å². The summed E-state index contributed by atoms with van der Waals surface area (Å²) in [6, 6.07) is 4.59. The van der Waals surface area contributed by atoms with Crippen molar-refractivity contribution in [1.82, 2.24) is 19.9 Å². The van der Waals surface area contributed by atoms with Gasteiger partial charge in [0.15, 0.2) is 0 Å². The first-order valence-electron chi connectivity index (χ1n) is 13.1. The van der Waals surface area contributed by atoms with Crippen LogP contribution in [0.25, 0.3) is 21.9 Å². The predicted octanol–water partition coefficient (Wildman–Crippen LogP) is 5.48. The zero-order valence-electron chi connectivity index (χ0n) is 20.8. The molecule has 6 nitrogen and oxygen atoms in total. The summed E-state index contributed by atoms with van der Waals surface area (Å²) in [6.45, 7) is 9.25.